The largest absolute Gasteiger partial charge is 0.310 e. The van der Waals surface area contributed by atoms with Gasteiger partial charge in [-0.1, -0.05) is 12.1 Å². The Bertz CT molecular complexity index is 872. The Morgan fingerprint density at radius 2 is 2.06 bits per heavy atom. The van der Waals surface area contributed by atoms with Gasteiger partial charge in [-0.3, -0.25) is 4.79 Å². The van der Waals surface area contributed by atoms with Crippen LogP contribution in [0.1, 0.15) is 11.4 Å². The van der Waals surface area contributed by atoms with Gasteiger partial charge in [-0.25, -0.2) is 4.98 Å². The molecule has 3 rings (SSSR count). The van der Waals surface area contributed by atoms with Crippen LogP contribution in [0.4, 0.5) is 0 Å². The zero-order valence-electron chi connectivity index (χ0n) is 9.69. The first-order valence-electron chi connectivity index (χ1n) is 5.52. The molecule has 3 aromatic rings. The number of aromatic nitrogens is 2. The zero-order valence-corrected chi connectivity index (χ0v) is 9.69. The number of aryl methyl sites for hydroxylation is 1. The van der Waals surface area contributed by atoms with Gasteiger partial charge in [0.2, 0.25) is 0 Å². The summed E-state index contributed by atoms with van der Waals surface area (Å²) in [5.74, 6) is 0.586. The number of hydrogen-bond acceptors (Lipinski definition) is 3. The smallest absolute Gasteiger partial charge is 0.259 e. The fourth-order valence-electron chi connectivity index (χ4n) is 2.14. The lowest BCUT2D eigenvalue weighted by molar-refractivity contribution is 1.06. The number of hydrogen-bond donors (Lipinski definition) is 1. The third-order valence-electron chi connectivity index (χ3n) is 2.94. The molecule has 4 heteroatoms. The molecule has 86 valence electrons. The van der Waals surface area contributed by atoms with Crippen LogP contribution < -0.4 is 5.56 Å². The first-order valence-corrected chi connectivity index (χ1v) is 5.52. The van der Waals surface area contributed by atoms with Gasteiger partial charge < -0.3 is 4.98 Å². The SMILES string of the molecule is Cc1nc2ccc3ccc(C#N)cc3c2c(=O)[nH]1. The number of nitrogens with zero attached hydrogens (tertiary/aromatic N) is 2. The number of nitrogens with one attached hydrogen (secondary N) is 1. The predicted octanol–water partition coefficient (Wildman–Crippen LogP) is 2.26. The van der Waals surface area contributed by atoms with E-state index in [0.717, 1.165) is 10.8 Å². The number of nitriles is 1. The van der Waals surface area contributed by atoms with Gasteiger partial charge in [0.05, 0.1) is 22.5 Å². The van der Waals surface area contributed by atoms with E-state index in [-0.39, 0.29) is 5.56 Å². The van der Waals surface area contributed by atoms with Gasteiger partial charge in [0, 0.05) is 0 Å². The van der Waals surface area contributed by atoms with Crippen molar-refractivity contribution in [1.29, 1.82) is 5.26 Å². The molecule has 0 amide bonds. The molecule has 0 radical (unpaired) electrons. The second-order valence-electron chi connectivity index (χ2n) is 4.16. The Kier molecular flexibility index (Phi) is 2.14. The third kappa shape index (κ3) is 1.45. The topological polar surface area (TPSA) is 69.5 Å². The molecule has 0 fully saturated rings. The lowest BCUT2D eigenvalue weighted by Crippen LogP contribution is -2.10. The Hall–Kier alpha value is -2.67. The molecule has 0 aliphatic carbocycles. The monoisotopic (exact) mass is 235 g/mol. The quantitative estimate of drug-likeness (QED) is 0.607. The van der Waals surface area contributed by atoms with Crippen LogP contribution in [0.3, 0.4) is 0 Å². The van der Waals surface area contributed by atoms with Crippen LogP contribution in [-0.4, -0.2) is 9.97 Å². The summed E-state index contributed by atoms with van der Waals surface area (Å²) >= 11 is 0. The summed E-state index contributed by atoms with van der Waals surface area (Å²) in [7, 11) is 0. The van der Waals surface area contributed by atoms with Gasteiger partial charge >= 0.3 is 0 Å². The van der Waals surface area contributed by atoms with Crippen molar-refractivity contribution in [2.45, 2.75) is 6.92 Å². The van der Waals surface area contributed by atoms with Gasteiger partial charge in [0.25, 0.3) is 5.56 Å². The Labute approximate surface area is 103 Å². The van der Waals surface area contributed by atoms with E-state index >= 15 is 0 Å². The van der Waals surface area contributed by atoms with E-state index in [0.29, 0.717) is 22.3 Å². The molecule has 1 N–H and O–H groups in total. The average Bonchev–Trinajstić information content (AvgIpc) is 2.36. The van der Waals surface area contributed by atoms with Crippen LogP contribution in [0, 0.1) is 18.3 Å². The molecule has 0 aliphatic rings. The zero-order chi connectivity index (χ0) is 12.7. The number of fused-ring (bicyclic) bond motifs is 3. The van der Waals surface area contributed by atoms with Crippen molar-refractivity contribution in [2.75, 3.05) is 0 Å². The number of H-pyrrole nitrogens is 1. The van der Waals surface area contributed by atoms with E-state index in [9.17, 15) is 4.79 Å². The summed E-state index contributed by atoms with van der Waals surface area (Å²) in [5, 5.41) is 11.2. The molecule has 0 spiro atoms. The highest BCUT2D eigenvalue weighted by Gasteiger charge is 2.07. The highest BCUT2D eigenvalue weighted by molar-refractivity contribution is 6.06. The maximum atomic E-state index is 12.0. The van der Waals surface area contributed by atoms with Gasteiger partial charge in [-0.15, -0.1) is 0 Å². The maximum Gasteiger partial charge on any atom is 0.259 e. The van der Waals surface area contributed by atoms with Crippen molar-refractivity contribution in [3.05, 3.63) is 52.1 Å². The standard InChI is InChI=1S/C14H9N3O/c1-8-16-12-5-4-10-3-2-9(7-15)6-11(10)13(12)14(18)17-8/h2-6H,1H3,(H,16,17,18). The predicted molar refractivity (Wildman–Crippen MR) is 69.3 cm³/mol. The second kappa shape index (κ2) is 3.67. The molecule has 18 heavy (non-hydrogen) atoms. The van der Waals surface area contributed by atoms with Crippen molar-refractivity contribution >= 4 is 21.7 Å². The van der Waals surface area contributed by atoms with Gasteiger partial charge in [-0.05, 0) is 35.9 Å². The summed E-state index contributed by atoms with van der Waals surface area (Å²) in [4.78, 5) is 19.0. The first-order chi connectivity index (χ1) is 8.69. The van der Waals surface area contributed by atoms with E-state index in [1.807, 2.05) is 18.2 Å². The highest BCUT2D eigenvalue weighted by Crippen LogP contribution is 2.22. The van der Waals surface area contributed by atoms with Crippen LogP contribution in [0.2, 0.25) is 0 Å². The lowest BCUT2D eigenvalue weighted by atomic mass is 10.0. The van der Waals surface area contributed by atoms with Gasteiger partial charge in [-0.2, -0.15) is 5.26 Å². The Balaban J connectivity index is 2.60. The molecule has 0 aliphatic heterocycles. The second-order valence-corrected chi connectivity index (χ2v) is 4.16. The lowest BCUT2D eigenvalue weighted by Gasteiger charge is -2.03. The van der Waals surface area contributed by atoms with Crippen molar-refractivity contribution in [3.63, 3.8) is 0 Å². The highest BCUT2D eigenvalue weighted by atomic mass is 16.1. The van der Waals surface area contributed by atoms with E-state index < -0.39 is 0 Å². The first kappa shape index (κ1) is 10.5. The van der Waals surface area contributed by atoms with Crippen molar-refractivity contribution in [2.24, 2.45) is 0 Å². The number of aromatic amines is 1. The van der Waals surface area contributed by atoms with Crippen molar-refractivity contribution in [3.8, 4) is 6.07 Å². The normalized spacial score (nSPS) is 10.7. The molecule has 1 heterocycles. The fraction of sp³-hybridized carbons (Fsp3) is 0.0714. The van der Waals surface area contributed by atoms with Crippen LogP contribution in [0.5, 0.6) is 0 Å². The Morgan fingerprint density at radius 3 is 2.83 bits per heavy atom. The minimum atomic E-state index is -0.168. The summed E-state index contributed by atoms with van der Waals surface area (Å²) in [6.45, 7) is 1.75. The minimum absolute atomic E-state index is 0.168. The third-order valence-corrected chi connectivity index (χ3v) is 2.94. The summed E-state index contributed by atoms with van der Waals surface area (Å²) in [5.41, 5.74) is 1.02. The van der Waals surface area contributed by atoms with Crippen LogP contribution in [0.25, 0.3) is 21.7 Å². The summed E-state index contributed by atoms with van der Waals surface area (Å²) < 4.78 is 0. The van der Waals surface area contributed by atoms with E-state index in [2.05, 4.69) is 16.0 Å². The van der Waals surface area contributed by atoms with E-state index in [4.69, 9.17) is 5.26 Å². The molecule has 2 aromatic carbocycles. The fourth-order valence-corrected chi connectivity index (χ4v) is 2.14. The summed E-state index contributed by atoms with van der Waals surface area (Å²) in [6, 6.07) is 11.1. The average molecular weight is 235 g/mol. The molecule has 0 atom stereocenters. The minimum Gasteiger partial charge on any atom is -0.310 e. The molecule has 0 saturated heterocycles. The number of rotatable bonds is 0. The molecule has 1 aromatic heterocycles. The van der Waals surface area contributed by atoms with Crippen LogP contribution >= 0.6 is 0 Å². The van der Waals surface area contributed by atoms with Crippen LogP contribution in [0.15, 0.2) is 35.1 Å². The van der Waals surface area contributed by atoms with E-state index in [1.165, 1.54) is 0 Å². The molecule has 0 unspecified atom stereocenters. The molecule has 0 saturated carbocycles. The molecule has 4 nitrogen and oxygen atoms in total. The molecular weight excluding hydrogens is 226 g/mol. The number of benzene rings is 2. The van der Waals surface area contributed by atoms with Gasteiger partial charge in [0.15, 0.2) is 0 Å². The van der Waals surface area contributed by atoms with Gasteiger partial charge in [0.1, 0.15) is 5.82 Å². The molecule has 0 bridgehead atoms. The maximum absolute atomic E-state index is 12.0. The van der Waals surface area contributed by atoms with Crippen LogP contribution in [-0.2, 0) is 0 Å². The summed E-state index contributed by atoms with van der Waals surface area (Å²) in [6.07, 6.45) is 0. The van der Waals surface area contributed by atoms with E-state index in [1.54, 1.807) is 19.1 Å². The Morgan fingerprint density at radius 1 is 1.28 bits per heavy atom. The van der Waals surface area contributed by atoms with Crippen molar-refractivity contribution in [1.82, 2.24) is 9.97 Å². The van der Waals surface area contributed by atoms with Crippen molar-refractivity contribution < 1.29 is 0 Å². The molecular formula is C14H9N3O.